The molecule has 0 fully saturated rings. The minimum atomic E-state index is 0.168. The van der Waals surface area contributed by atoms with Crippen molar-refractivity contribution in [3.63, 3.8) is 0 Å². The van der Waals surface area contributed by atoms with Crippen molar-refractivity contribution >= 4 is 32.8 Å². The van der Waals surface area contributed by atoms with Crippen LogP contribution in [0.3, 0.4) is 0 Å². The van der Waals surface area contributed by atoms with E-state index in [9.17, 15) is 0 Å². The maximum Gasteiger partial charge on any atom is 0.0514 e. The summed E-state index contributed by atoms with van der Waals surface area (Å²) in [6.45, 7) is 0. The highest BCUT2D eigenvalue weighted by molar-refractivity contribution is 7.17. The molecule has 18 heavy (non-hydrogen) atoms. The van der Waals surface area contributed by atoms with E-state index in [1.807, 2.05) is 0 Å². The molecular formula is C14H14N2S2. The molecule has 3 N–H and O–H groups in total. The third-order valence-corrected chi connectivity index (χ3v) is 4.82. The van der Waals surface area contributed by atoms with Crippen LogP contribution in [0, 0.1) is 0 Å². The average Bonchev–Trinajstić information content (AvgIpc) is 3.06. The number of hydrazine groups is 1. The number of hydrogen-bond donors (Lipinski definition) is 2. The third kappa shape index (κ3) is 2.20. The number of nitrogens with one attached hydrogen (secondary N) is 1. The summed E-state index contributed by atoms with van der Waals surface area (Å²) in [5.74, 6) is 5.74. The van der Waals surface area contributed by atoms with Gasteiger partial charge in [0.2, 0.25) is 0 Å². The van der Waals surface area contributed by atoms with Gasteiger partial charge in [-0.2, -0.15) is 11.3 Å². The molecule has 1 unspecified atom stereocenters. The Labute approximate surface area is 114 Å². The third-order valence-electron chi connectivity index (χ3n) is 3.11. The maximum atomic E-state index is 5.74. The van der Waals surface area contributed by atoms with E-state index in [-0.39, 0.29) is 6.04 Å². The first-order valence-corrected chi connectivity index (χ1v) is 7.64. The van der Waals surface area contributed by atoms with Crippen LogP contribution in [-0.4, -0.2) is 0 Å². The van der Waals surface area contributed by atoms with Gasteiger partial charge in [-0.25, -0.2) is 0 Å². The van der Waals surface area contributed by atoms with Gasteiger partial charge in [-0.15, -0.1) is 11.3 Å². The molecule has 3 aromatic rings. The van der Waals surface area contributed by atoms with Crippen molar-refractivity contribution < 1.29 is 0 Å². The van der Waals surface area contributed by atoms with Crippen LogP contribution in [-0.2, 0) is 6.42 Å². The van der Waals surface area contributed by atoms with Crippen LogP contribution in [0.1, 0.15) is 17.2 Å². The molecule has 0 saturated carbocycles. The Bertz CT molecular complexity index is 628. The second-order valence-corrected chi connectivity index (χ2v) is 5.94. The van der Waals surface area contributed by atoms with Crippen LogP contribution in [0.4, 0.5) is 0 Å². The van der Waals surface area contributed by atoms with E-state index < -0.39 is 0 Å². The van der Waals surface area contributed by atoms with Crippen molar-refractivity contribution in [3.05, 3.63) is 57.6 Å². The lowest BCUT2D eigenvalue weighted by molar-refractivity contribution is 0.557. The predicted octanol–water partition coefficient (Wildman–Crippen LogP) is 3.71. The van der Waals surface area contributed by atoms with Crippen molar-refractivity contribution in [2.45, 2.75) is 12.5 Å². The fourth-order valence-electron chi connectivity index (χ4n) is 2.19. The highest BCUT2D eigenvalue weighted by Crippen LogP contribution is 2.30. The first-order valence-electron chi connectivity index (χ1n) is 5.82. The van der Waals surface area contributed by atoms with Gasteiger partial charge in [0.1, 0.15) is 0 Å². The van der Waals surface area contributed by atoms with E-state index >= 15 is 0 Å². The number of nitrogens with two attached hydrogens (primary N) is 1. The van der Waals surface area contributed by atoms with Gasteiger partial charge in [-0.3, -0.25) is 11.3 Å². The van der Waals surface area contributed by atoms with E-state index in [1.54, 1.807) is 22.7 Å². The van der Waals surface area contributed by atoms with Crippen LogP contribution in [0.25, 0.3) is 10.1 Å². The predicted molar refractivity (Wildman–Crippen MR) is 79.9 cm³/mol. The Hall–Kier alpha value is -1.20. The van der Waals surface area contributed by atoms with Gasteiger partial charge in [-0.1, -0.05) is 18.2 Å². The minimum Gasteiger partial charge on any atom is -0.271 e. The lowest BCUT2D eigenvalue weighted by Gasteiger charge is -2.16. The van der Waals surface area contributed by atoms with Crippen LogP contribution >= 0.6 is 22.7 Å². The summed E-state index contributed by atoms with van der Waals surface area (Å²) in [5.41, 5.74) is 5.57. The fraction of sp³-hybridized carbons (Fsp3) is 0.143. The van der Waals surface area contributed by atoms with Crippen LogP contribution in [0.2, 0.25) is 0 Å². The molecule has 2 aromatic heterocycles. The summed E-state index contributed by atoms with van der Waals surface area (Å²) < 4.78 is 1.33. The molecule has 2 heterocycles. The number of benzene rings is 1. The van der Waals surface area contributed by atoms with Crippen molar-refractivity contribution in [1.29, 1.82) is 0 Å². The molecule has 0 bridgehead atoms. The number of thiophene rings is 2. The average molecular weight is 274 g/mol. The zero-order chi connectivity index (χ0) is 12.4. The topological polar surface area (TPSA) is 38.0 Å². The minimum absolute atomic E-state index is 0.168. The fourth-order valence-corrected chi connectivity index (χ4v) is 3.84. The Balaban J connectivity index is 1.98. The smallest absolute Gasteiger partial charge is 0.0514 e. The van der Waals surface area contributed by atoms with Gasteiger partial charge in [0, 0.05) is 4.70 Å². The Morgan fingerprint density at radius 2 is 2.11 bits per heavy atom. The van der Waals surface area contributed by atoms with Crippen molar-refractivity contribution in [2.75, 3.05) is 0 Å². The summed E-state index contributed by atoms with van der Waals surface area (Å²) in [6, 6.07) is 10.9. The van der Waals surface area contributed by atoms with E-state index in [2.05, 4.69) is 51.9 Å². The Kier molecular flexibility index (Phi) is 3.43. The SMILES string of the molecule is NNC(Cc1ccsc1)c1cccc2ccsc12. The molecule has 0 aliphatic rings. The first-order chi connectivity index (χ1) is 8.88. The van der Waals surface area contributed by atoms with Crippen LogP contribution in [0.5, 0.6) is 0 Å². The summed E-state index contributed by atoms with van der Waals surface area (Å²) >= 11 is 3.50. The molecule has 4 heteroatoms. The lowest BCUT2D eigenvalue weighted by Crippen LogP contribution is -2.29. The highest BCUT2D eigenvalue weighted by atomic mass is 32.1. The van der Waals surface area contributed by atoms with Gasteiger partial charge in [-0.05, 0) is 51.2 Å². The standard InChI is InChI=1S/C14H14N2S2/c15-16-13(8-10-4-6-17-9-10)12-3-1-2-11-5-7-18-14(11)12/h1-7,9,13,16H,8,15H2. The molecular weight excluding hydrogens is 260 g/mol. The zero-order valence-corrected chi connectivity index (χ0v) is 11.4. The van der Waals surface area contributed by atoms with Crippen LogP contribution < -0.4 is 11.3 Å². The molecule has 0 radical (unpaired) electrons. The first kappa shape index (κ1) is 11.9. The molecule has 1 aromatic carbocycles. The second kappa shape index (κ2) is 5.20. The monoisotopic (exact) mass is 274 g/mol. The normalized spacial score (nSPS) is 12.9. The van der Waals surface area contributed by atoms with E-state index in [0.29, 0.717) is 0 Å². The highest BCUT2D eigenvalue weighted by Gasteiger charge is 2.14. The molecule has 1 atom stereocenters. The van der Waals surface area contributed by atoms with Crippen molar-refractivity contribution in [2.24, 2.45) is 5.84 Å². The molecule has 0 spiro atoms. The quantitative estimate of drug-likeness (QED) is 0.562. The summed E-state index contributed by atoms with van der Waals surface area (Å²) in [4.78, 5) is 0. The maximum absolute atomic E-state index is 5.74. The Morgan fingerprint density at radius 1 is 1.17 bits per heavy atom. The molecule has 0 aliphatic heterocycles. The van der Waals surface area contributed by atoms with Crippen LogP contribution in [0.15, 0.2) is 46.5 Å². The zero-order valence-electron chi connectivity index (χ0n) is 9.80. The second-order valence-electron chi connectivity index (χ2n) is 4.24. The van der Waals surface area contributed by atoms with Gasteiger partial charge in [0.15, 0.2) is 0 Å². The van der Waals surface area contributed by atoms with Gasteiger partial charge in [0.25, 0.3) is 0 Å². The number of fused-ring (bicyclic) bond motifs is 1. The van der Waals surface area contributed by atoms with E-state index in [4.69, 9.17) is 5.84 Å². The van der Waals surface area contributed by atoms with Gasteiger partial charge in [0.05, 0.1) is 6.04 Å². The number of rotatable bonds is 4. The Morgan fingerprint density at radius 3 is 2.89 bits per heavy atom. The van der Waals surface area contributed by atoms with Crippen molar-refractivity contribution in [1.82, 2.24) is 5.43 Å². The van der Waals surface area contributed by atoms with E-state index in [0.717, 1.165) is 6.42 Å². The molecule has 0 saturated heterocycles. The largest absolute Gasteiger partial charge is 0.271 e. The summed E-state index contributed by atoms with van der Waals surface area (Å²) in [7, 11) is 0. The van der Waals surface area contributed by atoms with Gasteiger partial charge < -0.3 is 0 Å². The molecule has 2 nitrogen and oxygen atoms in total. The van der Waals surface area contributed by atoms with Gasteiger partial charge >= 0.3 is 0 Å². The molecule has 92 valence electrons. The lowest BCUT2D eigenvalue weighted by atomic mass is 10.00. The number of hydrogen-bond acceptors (Lipinski definition) is 4. The molecule has 0 aliphatic carbocycles. The van der Waals surface area contributed by atoms with Crippen molar-refractivity contribution in [3.8, 4) is 0 Å². The summed E-state index contributed by atoms with van der Waals surface area (Å²) in [5, 5.41) is 7.71. The van der Waals surface area contributed by atoms with E-state index in [1.165, 1.54) is 21.2 Å². The molecule has 3 rings (SSSR count). The summed E-state index contributed by atoms with van der Waals surface area (Å²) in [6.07, 6.45) is 0.928. The molecule has 0 amide bonds.